The number of carboxylic acid groups (broad SMARTS) is 1. The van der Waals surface area contributed by atoms with Crippen LogP contribution in [0.5, 0.6) is 0 Å². The van der Waals surface area contributed by atoms with Crippen molar-refractivity contribution in [3.05, 3.63) is 30.1 Å². The van der Waals surface area contributed by atoms with Gasteiger partial charge in [-0.3, -0.25) is 0 Å². The first-order valence-electron chi connectivity index (χ1n) is 5.57. The number of fused-ring (bicyclic) bond motifs is 1. The molecule has 1 aromatic heterocycles. The lowest BCUT2D eigenvalue weighted by atomic mass is 10.2. The zero-order valence-electron chi connectivity index (χ0n) is 9.63. The Morgan fingerprint density at radius 1 is 1.53 bits per heavy atom. The molecule has 1 heterocycles. The number of aromatic nitrogens is 2. The summed E-state index contributed by atoms with van der Waals surface area (Å²) in [5, 5.41) is 9.24. The van der Waals surface area contributed by atoms with Crippen LogP contribution < -0.4 is 5.73 Å². The quantitative estimate of drug-likeness (QED) is 0.839. The van der Waals surface area contributed by atoms with Crippen molar-refractivity contribution >= 4 is 17.0 Å². The lowest BCUT2D eigenvalue weighted by molar-refractivity contribution is -0.140. The Morgan fingerprint density at radius 3 is 2.82 bits per heavy atom. The van der Waals surface area contributed by atoms with Crippen molar-refractivity contribution in [1.82, 2.24) is 9.55 Å². The molecule has 1 aromatic carbocycles. The molecule has 0 aliphatic rings. The summed E-state index contributed by atoms with van der Waals surface area (Å²) in [6.07, 6.45) is 0.503. The summed E-state index contributed by atoms with van der Waals surface area (Å²) in [6.45, 7) is 2.08. The highest BCUT2D eigenvalue weighted by Crippen LogP contribution is 2.23. The van der Waals surface area contributed by atoms with Gasteiger partial charge in [-0.2, -0.15) is 0 Å². The fraction of sp³-hybridized carbons (Fsp3) is 0.333. The van der Waals surface area contributed by atoms with Crippen molar-refractivity contribution < 1.29 is 9.90 Å². The number of nitrogens with two attached hydrogens (primary N) is 1. The van der Waals surface area contributed by atoms with E-state index < -0.39 is 12.0 Å². The highest BCUT2D eigenvalue weighted by molar-refractivity contribution is 5.80. The number of para-hydroxylation sites is 2. The molecule has 5 nitrogen and oxygen atoms in total. The fourth-order valence-corrected chi connectivity index (χ4v) is 2.05. The molecule has 0 amide bonds. The van der Waals surface area contributed by atoms with Gasteiger partial charge in [0.15, 0.2) is 0 Å². The second-order valence-corrected chi connectivity index (χ2v) is 3.85. The summed E-state index contributed by atoms with van der Waals surface area (Å²) in [5.41, 5.74) is 7.24. The van der Waals surface area contributed by atoms with E-state index in [4.69, 9.17) is 5.73 Å². The van der Waals surface area contributed by atoms with Crippen LogP contribution in [-0.2, 0) is 11.3 Å². The van der Waals surface area contributed by atoms with Crippen LogP contribution in [0.2, 0.25) is 0 Å². The standard InChI is InChI=1S/C12H15N3O2/c1-2-9(12(16)17)15-10-6-4-3-5-8(10)14-11(15)7-13/h3-6,9H,2,7,13H2,1H3,(H,16,17). The van der Waals surface area contributed by atoms with Gasteiger partial charge in [0.25, 0.3) is 0 Å². The molecule has 0 saturated carbocycles. The Labute approximate surface area is 98.9 Å². The maximum absolute atomic E-state index is 11.3. The lowest BCUT2D eigenvalue weighted by Gasteiger charge is -2.15. The zero-order chi connectivity index (χ0) is 12.4. The van der Waals surface area contributed by atoms with Gasteiger partial charge in [-0.15, -0.1) is 0 Å². The molecule has 0 aliphatic carbocycles. The monoisotopic (exact) mass is 233 g/mol. The topological polar surface area (TPSA) is 81.1 Å². The molecule has 90 valence electrons. The highest BCUT2D eigenvalue weighted by atomic mass is 16.4. The molecule has 3 N–H and O–H groups in total. The van der Waals surface area contributed by atoms with Gasteiger partial charge in [0, 0.05) is 0 Å². The second-order valence-electron chi connectivity index (χ2n) is 3.85. The number of hydrogen-bond acceptors (Lipinski definition) is 3. The Bertz CT molecular complexity index is 548. The van der Waals surface area contributed by atoms with Gasteiger partial charge in [-0.1, -0.05) is 19.1 Å². The van der Waals surface area contributed by atoms with Crippen LogP contribution in [0, 0.1) is 0 Å². The number of carboxylic acids is 1. The fourth-order valence-electron chi connectivity index (χ4n) is 2.05. The van der Waals surface area contributed by atoms with E-state index in [9.17, 15) is 9.90 Å². The first-order chi connectivity index (χ1) is 8.19. The van der Waals surface area contributed by atoms with Crippen LogP contribution in [0.3, 0.4) is 0 Å². The van der Waals surface area contributed by atoms with Crippen molar-refractivity contribution in [3.8, 4) is 0 Å². The van der Waals surface area contributed by atoms with E-state index in [1.807, 2.05) is 31.2 Å². The van der Waals surface area contributed by atoms with E-state index in [0.717, 1.165) is 11.0 Å². The summed E-state index contributed by atoms with van der Waals surface area (Å²) in [7, 11) is 0. The summed E-state index contributed by atoms with van der Waals surface area (Å²) in [6, 6.07) is 6.87. The average molecular weight is 233 g/mol. The molecule has 17 heavy (non-hydrogen) atoms. The summed E-state index contributed by atoms with van der Waals surface area (Å²) in [4.78, 5) is 15.6. The van der Waals surface area contributed by atoms with Crippen molar-refractivity contribution in [2.24, 2.45) is 5.73 Å². The van der Waals surface area contributed by atoms with Crippen LogP contribution in [-0.4, -0.2) is 20.6 Å². The van der Waals surface area contributed by atoms with Crippen LogP contribution in [0.1, 0.15) is 25.2 Å². The van der Waals surface area contributed by atoms with Gasteiger partial charge in [-0.05, 0) is 18.6 Å². The number of nitrogens with zero attached hydrogens (tertiary/aromatic N) is 2. The zero-order valence-corrected chi connectivity index (χ0v) is 9.63. The maximum atomic E-state index is 11.3. The minimum absolute atomic E-state index is 0.235. The summed E-state index contributed by atoms with van der Waals surface area (Å²) in [5.74, 6) is -0.245. The minimum Gasteiger partial charge on any atom is -0.480 e. The molecule has 0 radical (unpaired) electrons. The summed E-state index contributed by atoms with van der Waals surface area (Å²) >= 11 is 0. The van der Waals surface area contributed by atoms with Crippen molar-refractivity contribution in [1.29, 1.82) is 0 Å². The van der Waals surface area contributed by atoms with Crippen LogP contribution in [0.15, 0.2) is 24.3 Å². The SMILES string of the molecule is CCC(C(=O)O)n1c(CN)nc2ccccc21. The molecule has 1 unspecified atom stereocenters. The largest absolute Gasteiger partial charge is 0.480 e. The molecule has 0 fully saturated rings. The smallest absolute Gasteiger partial charge is 0.326 e. The number of aliphatic carboxylic acids is 1. The van der Waals surface area contributed by atoms with Gasteiger partial charge in [0.2, 0.25) is 0 Å². The molecule has 2 rings (SSSR count). The normalized spacial score (nSPS) is 12.8. The highest BCUT2D eigenvalue weighted by Gasteiger charge is 2.22. The van der Waals surface area contributed by atoms with Crippen LogP contribution in [0.4, 0.5) is 0 Å². The van der Waals surface area contributed by atoms with Crippen LogP contribution in [0.25, 0.3) is 11.0 Å². The van der Waals surface area contributed by atoms with E-state index in [1.54, 1.807) is 4.57 Å². The van der Waals surface area contributed by atoms with Crippen LogP contribution >= 0.6 is 0 Å². The Hall–Kier alpha value is -1.88. The Kier molecular flexibility index (Phi) is 3.10. The predicted octanol–water partition coefficient (Wildman–Crippen LogP) is 1.53. The Morgan fingerprint density at radius 2 is 2.24 bits per heavy atom. The lowest BCUT2D eigenvalue weighted by Crippen LogP contribution is -2.21. The molecular weight excluding hydrogens is 218 g/mol. The molecule has 5 heteroatoms. The van der Waals surface area contributed by atoms with Gasteiger partial charge >= 0.3 is 5.97 Å². The van der Waals surface area contributed by atoms with Gasteiger partial charge in [-0.25, -0.2) is 9.78 Å². The number of carbonyl (C=O) groups is 1. The molecular formula is C12H15N3O2. The average Bonchev–Trinajstić information content (AvgIpc) is 2.69. The van der Waals surface area contributed by atoms with E-state index in [2.05, 4.69) is 4.98 Å². The van der Waals surface area contributed by atoms with E-state index in [-0.39, 0.29) is 6.54 Å². The molecule has 2 aromatic rings. The second kappa shape index (κ2) is 4.55. The first kappa shape index (κ1) is 11.6. The first-order valence-corrected chi connectivity index (χ1v) is 5.57. The third-order valence-electron chi connectivity index (χ3n) is 2.83. The van der Waals surface area contributed by atoms with Gasteiger partial charge in [0.1, 0.15) is 11.9 Å². The predicted molar refractivity (Wildman–Crippen MR) is 64.6 cm³/mol. The molecule has 1 atom stereocenters. The Balaban J connectivity index is 2.68. The minimum atomic E-state index is -0.856. The van der Waals surface area contributed by atoms with Crippen molar-refractivity contribution in [2.45, 2.75) is 25.9 Å². The maximum Gasteiger partial charge on any atom is 0.326 e. The van der Waals surface area contributed by atoms with Gasteiger partial charge in [0.05, 0.1) is 17.6 Å². The van der Waals surface area contributed by atoms with Gasteiger partial charge < -0.3 is 15.4 Å². The van der Waals surface area contributed by atoms with E-state index in [1.165, 1.54) is 0 Å². The number of imidazole rings is 1. The molecule has 0 spiro atoms. The number of rotatable bonds is 4. The van der Waals surface area contributed by atoms with Crippen molar-refractivity contribution in [2.75, 3.05) is 0 Å². The third-order valence-corrected chi connectivity index (χ3v) is 2.83. The van der Waals surface area contributed by atoms with Crippen molar-refractivity contribution in [3.63, 3.8) is 0 Å². The number of benzene rings is 1. The summed E-state index contributed by atoms with van der Waals surface area (Å²) < 4.78 is 1.72. The molecule has 0 bridgehead atoms. The van der Waals surface area contributed by atoms with E-state index in [0.29, 0.717) is 12.2 Å². The molecule has 0 saturated heterocycles. The number of hydrogen-bond donors (Lipinski definition) is 2. The third kappa shape index (κ3) is 1.89. The van der Waals surface area contributed by atoms with E-state index >= 15 is 0 Å². The molecule has 0 aliphatic heterocycles.